The Labute approximate surface area is 213 Å². The molecule has 0 nitrogen and oxygen atoms in total. The number of hydrogen-bond donors (Lipinski definition) is 0. The van der Waals surface area contributed by atoms with Crippen molar-refractivity contribution >= 4 is 6.08 Å². The van der Waals surface area contributed by atoms with Crippen LogP contribution >= 0.6 is 0 Å². The van der Waals surface area contributed by atoms with Gasteiger partial charge in [-0.1, -0.05) is 72.7 Å². The van der Waals surface area contributed by atoms with Gasteiger partial charge < -0.3 is 0 Å². The first-order valence-corrected chi connectivity index (χ1v) is 12.1. The van der Waals surface area contributed by atoms with E-state index in [1.54, 1.807) is 27.8 Å². The molecule has 164 valence electrons. The van der Waals surface area contributed by atoms with Gasteiger partial charge in [0.1, 0.15) is 0 Å². The van der Waals surface area contributed by atoms with Gasteiger partial charge in [0.05, 0.1) is 0 Å². The molecule has 0 saturated heterocycles. The van der Waals surface area contributed by atoms with E-state index in [1.807, 2.05) is 0 Å². The van der Waals surface area contributed by atoms with Crippen LogP contribution in [0.3, 0.4) is 0 Å². The Morgan fingerprint density at radius 2 is 1.47 bits per heavy atom. The van der Waals surface area contributed by atoms with E-state index >= 15 is 0 Å². The van der Waals surface area contributed by atoms with E-state index in [0.717, 1.165) is 12.8 Å². The van der Waals surface area contributed by atoms with Gasteiger partial charge in [0.25, 0.3) is 0 Å². The summed E-state index contributed by atoms with van der Waals surface area (Å²) >= 11 is 0. The summed E-state index contributed by atoms with van der Waals surface area (Å²) in [6.07, 6.45) is 12.5. The van der Waals surface area contributed by atoms with Gasteiger partial charge in [0.15, 0.2) is 0 Å². The Hall–Kier alpha value is -1.47. The van der Waals surface area contributed by atoms with Crippen molar-refractivity contribution in [2.75, 3.05) is 0 Å². The first-order chi connectivity index (χ1) is 14.9. The average molecular weight is 587 g/mol. The van der Waals surface area contributed by atoms with Gasteiger partial charge in [0.2, 0.25) is 0 Å². The minimum atomic E-state index is 0. The van der Waals surface area contributed by atoms with E-state index < -0.39 is 0 Å². The molecule has 0 fully saturated rings. The van der Waals surface area contributed by atoms with Gasteiger partial charge in [-0.2, -0.15) is 0 Å². The van der Waals surface area contributed by atoms with Crippen molar-refractivity contribution < 1.29 is 25.8 Å². The molecule has 3 aliphatic rings. The Morgan fingerprint density at radius 3 is 2.16 bits per heavy atom. The van der Waals surface area contributed by atoms with E-state index in [0.29, 0.717) is 0 Å². The van der Waals surface area contributed by atoms with Crippen LogP contribution in [0, 0.1) is 5.41 Å². The third-order valence-electron chi connectivity index (χ3n) is 9.29. The molecule has 0 aliphatic heterocycles. The van der Waals surface area contributed by atoms with Crippen LogP contribution in [0.4, 0.5) is 0 Å². The fourth-order valence-corrected chi connectivity index (χ4v) is 6.95. The zero-order valence-corrected chi connectivity index (χ0v) is 24.0. The predicted molar refractivity (Wildman–Crippen MR) is 133 cm³/mol. The molecule has 1 unspecified atom stereocenters. The molecule has 2 aromatic rings. The molecule has 0 radical (unpaired) electrons. The van der Waals surface area contributed by atoms with E-state index in [-0.39, 0.29) is 36.7 Å². The monoisotopic (exact) mass is 588 g/mol. The fourth-order valence-electron chi connectivity index (χ4n) is 6.95. The maximum Gasteiger partial charge on any atom is 0.0275 e. The Kier molecular flexibility index (Phi) is 6.45. The minimum Gasteiger partial charge on any atom is -0.0721 e. The maximum atomic E-state index is 2.61. The van der Waals surface area contributed by atoms with Crippen molar-refractivity contribution in [3.05, 3.63) is 98.7 Å². The van der Waals surface area contributed by atoms with Crippen molar-refractivity contribution in [3.8, 4) is 0 Å². The third kappa shape index (κ3) is 3.25. The molecule has 0 bridgehead atoms. The van der Waals surface area contributed by atoms with Gasteiger partial charge in [-0.05, 0) is 105 Å². The molecule has 32 heavy (non-hydrogen) atoms. The Bertz CT molecular complexity index is 1100. The quantitative estimate of drug-likeness (QED) is 0.317. The summed E-state index contributed by atoms with van der Waals surface area (Å²) in [6.45, 7) is 12.0. The van der Waals surface area contributed by atoms with Crippen LogP contribution in [0.25, 0.3) is 6.08 Å². The second kappa shape index (κ2) is 8.71. The van der Waals surface area contributed by atoms with Gasteiger partial charge in [-0.3, -0.25) is 0 Å². The van der Waals surface area contributed by atoms with Gasteiger partial charge in [-0.25, -0.2) is 0 Å². The third-order valence-corrected chi connectivity index (χ3v) is 9.29. The first-order valence-electron chi connectivity index (χ1n) is 12.1. The van der Waals surface area contributed by atoms with Crippen LogP contribution in [0.5, 0.6) is 0 Å². The fraction of sp³-hybridized carbons (Fsp3) is 0.419. The summed E-state index contributed by atoms with van der Waals surface area (Å²) in [5.74, 6) is 0. The zero-order chi connectivity index (χ0) is 21.8. The van der Waals surface area contributed by atoms with Crippen LogP contribution in [0.15, 0.2) is 70.8 Å². The molecule has 2 aromatic carbocycles. The molecule has 0 spiro atoms. The molecular weight excluding hydrogens is 551 g/mol. The smallest absolute Gasteiger partial charge is 0.0275 e. The van der Waals surface area contributed by atoms with E-state index in [1.165, 1.54) is 48.0 Å². The summed E-state index contributed by atoms with van der Waals surface area (Å²) < 4.78 is 0. The van der Waals surface area contributed by atoms with Crippen LogP contribution in [0.1, 0.15) is 81.7 Å². The van der Waals surface area contributed by atoms with Crippen molar-refractivity contribution in [1.82, 2.24) is 0 Å². The number of aryl methyl sites for hydroxylation is 2. The molecule has 3 aliphatic carbocycles. The second-order valence-corrected chi connectivity index (χ2v) is 10.3. The van der Waals surface area contributed by atoms with Gasteiger partial charge in [0, 0.05) is 36.7 Å². The molecule has 5 rings (SSSR count). The van der Waals surface area contributed by atoms with E-state index in [9.17, 15) is 0 Å². The number of allylic oxidation sites excluding steroid dienone is 5. The molecule has 1 atom stereocenters. The number of fused-ring (bicyclic) bond motifs is 3. The first kappa shape index (κ1) is 23.7. The molecule has 1 heteroatoms. The Balaban J connectivity index is 0.00000245. The van der Waals surface area contributed by atoms with E-state index in [4.69, 9.17) is 0 Å². The van der Waals surface area contributed by atoms with Crippen molar-refractivity contribution in [2.45, 2.75) is 78.6 Å². The normalized spacial score (nSPS) is 23.3. The minimum absolute atomic E-state index is 0. The predicted octanol–water partition coefficient (Wildman–Crippen LogP) is 8.15. The molecule has 0 amide bonds. The SMILES string of the molecule is CC1=C(C)C(C)(C2(CCc3ccccc3)C=Cc3ccc4c(c32)CCCC4)C(C)=C1C.[Hf]. The standard InChI is InChI=1S/C31H36.Hf/c1-21-22(2)24(4)30(5,23(21)3)31(19-17-25-11-7-6-8-12-25)20-18-27-16-15-26-13-9-10-14-28(26)29(27)31;/h6-8,11-12,15-16,18,20H,9-10,13-14,17,19H2,1-5H3;. The van der Waals surface area contributed by atoms with Crippen molar-refractivity contribution in [3.63, 3.8) is 0 Å². The van der Waals surface area contributed by atoms with Crippen molar-refractivity contribution in [2.24, 2.45) is 5.41 Å². The van der Waals surface area contributed by atoms with Crippen LogP contribution in [0.2, 0.25) is 0 Å². The number of benzene rings is 2. The topological polar surface area (TPSA) is 0 Å². The molecular formula is C31H36Hf. The maximum absolute atomic E-state index is 2.61. The summed E-state index contributed by atoms with van der Waals surface area (Å²) in [7, 11) is 0. The van der Waals surface area contributed by atoms with Crippen molar-refractivity contribution in [1.29, 1.82) is 0 Å². The van der Waals surface area contributed by atoms with Crippen LogP contribution < -0.4 is 0 Å². The van der Waals surface area contributed by atoms with Gasteiger partial charge >= 0.3 is 0 Å². The second-order valence-electron chi connectivity index (χ2n) is 10.3. The Morgan fingerprint density at radius 1 is 0.812 bits per heavy atom. The molecule has 0 aromatic heterocycles. The largest absolute Gasteiger partial charge is 0.0721 e. The van der Waals surface area contributed by atoms with Gasteiger partial charge in [-0.15, -0.1) is 0 Å². The zero-order valence-electron chi connectivity index (χ0n) is 20.4. The summed E-state index contributed by atoms with van der Waals surface area (Å²) in [5.41, 5.74) is 14.1. The van der Waals surface area contributed by atoms with Crippen LogP contribution in [-0.2, 0) is 50.5 Å². The summed E-state index contributed by atoms with van der Waals surface area (Å²) in [5, 5.41) is 0. The van der Waals surface area contributed by atoms with E-state index in [2.05, 4.69) is 89.2 Å². The molecule has 0 N–H and O–H groups in total. The van der Waals surface area contributed by atoms with Crippen LogP contribution in [-0.4, -0.2) is 0 Å². The number of rotatable bonds is 4. The summed E-state index contributed by atoms with van der Waals surface area (Å²) in [6, 6.07) is 15.9. The molecule has 0 heterocycles. The average Bonchev–Trinajstić information content (AvgIpc) is 3.27. The number of hydrogen-bond acceptors (Lipinski definition) is 0. The summed E-state index contributed by atoms with van der Waals surface area (Å²) in [4.78, 5) is 0. The molecule has 0 saturated carbocycles.